The lowest BCUT2D eigenvalue weighted by atomic mass is 10.1. The summed E-state index contributed by atoms with van der Waals surface area (Å²) in [7, 11) is 1.71. The number of likely N-dealkylation sites (N-methyl/N-ethyl adjacent to an activating group) is 1. The summed E-state index contributed by atoms with van der Waals surface area (Å²) in [5, 5.41) is 4.16. The molecule has 0 spiro atoms. The molecule has 1 atom stereocenters. The zero-order valence-electron chi connectivity index (χ0n) is 8.89. The molecule has 0 bridgehead atoms. The van der Waals surface area contributed by atoms with E-state index < -0.39 is 0 Å². The number of halogens is 2. The minimum absolute atomic E-state index is 0.217. The summed E-state index contributed by atoms with van der Waals surface area (Å²) < 4.78 is 6.25. The quantitative estimate of drug-likeness (QED) is 0.832. The Morgan fingerprint density at radius 3 is 2.80 bits per heavy atom. The van der Waals surface area contributed by atoms with E-state index in [1.807, 2.05) is 12.1 Å². The highest BCUT2D eigenvalue weighted by molar-refractivity contribution is 14.1. The first kappa shape index (κ1) is 13.2. The van der Waals surface area contributed by atoms with Gasteiger partial charge in [-0.05, 0) is 46.8 Å². The van der Waals surface area contributed by atoms with Gasteiger partial charge < -0.3 is 10.1 Å². The van der Waals surface area contributed by atoms with Crippen LogP contribution in [0.15, 0.2) is 18.2 Å². The summed E-state index contributed by atoms with van der Waals surface area (Å²) >= 11 is 8.31. The van der Waals surface area contributed by atoms with Crippen molar-refractivity contribution in [3.8, 4) is 0 Å². The van der Waals surface area contributed by atoms with Crippen molar-refractivity contribution in [2.24, 2.45) is 0 Å². The maximum Gasteiger partial charge on any atom is 0.0657 e. The van der Waals surface area contributed by atoms with Crippen molar-refractivity contribution in [1.29, 1.82) is 0 Å². The highest BCUT2D eigenvalue weighted by Crippen LogP contribution is 2.23. The summed E-state index contributed by atoms with van der Waals surface area (Å²) in [6.07, 6.45) is 0. The smallest absolute Gasteiger partial charge is 0.0657 e. The summed E-state index contributed by atoms with van der Waals surface area (Å²) in [6, 6.07) is 6.32. The topological polar surface area (TPSA) is 21.3 Å². The fourth-order valence-electron chi connectivity index (χ4n) is 1.42. The predicted octanol–water partition coefficient (Wildman–Crippen LogP) is 3.24. The maximum absolute atomic E-state index is 6.08. The largest absolute Gasteiger partial charge is 0.383 e. The van der Waals surface area contributed by atoms with Crippen LogP contribution in [-0.2, 0) is 4.74 Å². The molecule has 1 unspecified atom stereocenters. The van der Waals surface area contributed by atoms with Crippen LogP contribution in [0.25, 0.3) is 0 Å². The van der Waals surface area contributed by atoms with Gasteiger partial charge in [0.15, 0.2) is 0 Å². The zero-order chi connectivity index (χ0) is 11.3. The number of hydrogen-bond acceptors (Lipinski definition) is 2. The molecule has 0 radical (unpaired) electrons. The molecule has 0 amide bonds. The zero-order valence-corrected chi connectivity index (χ0v) is 11.8. The Labute approximate surface area is 109 Å². The van der Waals surface area contributed by atoms with Crippen LogP contribution in [0, 0.1) is 3.57 Å². The molecule has 0 aliphatic rings. The van der Waals surface area contributed by atoms with Gasteiger partial charge in [-0.15, -0.1) is 0 Å². The fraction of sp³-hybridized carbons (Fsp3) is 0.455. The molecule has 2 nitrogen and oxygen atoms in total. The molecular formula is C11H15ClINO. The fourth-order valence-corrected chi connectivity index (χ4v) is 1.94. The summed E-state index contributed by atoms with van der Waals surface area (Å²) in [5.74, 6) is 0. The molecule has 0 saturated heterocycles. The highest BCUT2D eigenvalue weighted by atomic mass is 127. The maximum atomic E-state index is 6.08. The van der Waals surface area contributed by atoms with Gasteiger partial charge in [0.05, 0.1) is 17.7 Å². The number of nitrogens with one attached hydrogen (secondary N) is 1. The number of hydrogen-bond donors (Lipinski definition) is 1. The summed E-state index contributed by atoms with van der Waals surface area (Å²) in [5.41, 5.74) is 1.17. The SMILES string of the molecule is CCNC(COC)c1ccc(I)c(Cl)c1. The summed E-state index contributed by atoms with van der Waals surface area (Å²) in [4.78, 5) is 0. The molecule has 0 fully saturated rings. The molecule has 4 heteroatoms. The van der Waals surface area contributed by atoms with Gasteiger partial charge in [-0.1, -0.05) is 24.6 Å². The molecule has 1 N–H and O–H groups in total. The van der Waals surface area contributed by atoms with E-state index in [-0.39, 0.29) is 6.04 Å². The van der Waals surface area contributed by atoms with Crippen molar-refractivity contribution in [3.63, 3.8) is 0 Å². The second-order valence-electron chi connectivity index (χ2n) is 3.24. The van der Waals surface area contributed by atoms with E-state index in [0.29, 0.717) is 6.61 Å². The van der Waals surface area contributed by atoms with E-state index in [1.165, 1.54) is 5.56 Å². The van der Waals surface area contributed by atoms with Crippen molar-refractivity contribution in [1.82, 2.24) is 5.32 Å². The van der Waals surface area contributed by atoms with Gasteiger partial charge in [-0.25, -0.2) is 0 Å². The Balaban J connectivity index is 2.85. The third-order valence-electron chi connectivity index (χ3n) is 2.13. The van der Waals surface area contributed by atoms with Crippen LogP contribution >= 0.6 is 34.2 Å². The third-order valence-corrected chi connectivity index (χ3v) is 3.70. The van der Waals surface area contributed by atoms with E-state index >= 15 is 0 Å². The molecule has 84 valence electrons. The standard InChI is InChI=1S/C11H15ClINO/c1-3-14-11(7-15-2)8-4-5-10(13)9(12)6-8/h4-6,11,14H,3,7H2,1-2H3. The van der Waals surface area contributed by atoms with Gasteiger partial charge in [-0.2, -0.15) is 0 Å². The lowest BCUT2D eigenvalue weighted by molar-refractivity contribution is 0.168. The molecule has 1 aromatic carbocycles. The van der Waals surface area contributed by atoms with E-state index in [9.17, 15) is 0 Å². The summed E-state index contributed by atoms with van der Waals surface area (Å²) in [6.45, 7) is 3.65. The molecule has 0 heterocycles. The predicted molar refractivity (Wildman–Crippen MR) is 72.5 cm³/mol. The number of benzene rings is 1. The van der Waals surface area contributed by atoms with Crippen molar-refractivity contribution in [2.75, 3.05) is 20.3 Å². The molecule has 1 aromatic rings. The number of ether oxygens (including phenoxy) is 1. The Morgan fingerprint density at radius 1 is 1.53 bits per heavy atom. The van der Waals surface area contributed by atoms with Crippen LogP contribution in [-0.4, -0.2) is 20.3 Å². The van der Waals surface area contributed by atoms with Crippen molar-refractivity contribution in [2.45, 2.75) is 13.0 Å². The Hall–Kier alpha value is 0.160. The number of methoxy groups -OCH3 is 1. The molecule has 15 heavy (non-hydrogen) atoms. The number of rotatable bonds is 5. The molecule has 0 saturated carbocycles. The van der Waals surface area contributed by atoms with E-state index in [0.717, 1.165) is 15.1 Å². The molecule has 0 aliphatic carbocycles. The lowest BCUT2D eigenvalue weighted by Crippen LogP contribution is -2.24. The minimum Gasteiger partial charge on any atom is -0.383 e. The first-order valence-electron chi connectivity index (χ1n) is 4.86. The molecular weight excluding hydrogens is 324 g/mol. The Kier molecular flexibility index (Phi) is 5.89. The molecule has 1 rings (SSSR count). The van der Waals surface area contributed by atoms with Crippen LogP contribution in [0.5, 0.6) is 0 Å². The monoisotopic (exact) mass is 339 g/mol. The van der Waals surface area contributed by atoms with Crippen molar-refractivity contribution < 1.29 is 4.74 Å². The normalized spacial score (nSPS) is 12.8. The van der Waals surface area contributed by atoms with Crippen LogP contribution in [0.4, 0.5) is 0 Å². The molecule has 0 aliphatic heterocycles. The third kappa shape index (κ3) is 3.90. The van der Waals surface area contributed by atoms with Gasteiger partial charge in [0.1, 0.15) is 0 Å². The first-order chi connectivity index (χ1) is 7.19. The average Bonchev–Trinajstić information content (AvgIpc) is 2.22. The van der Waals surface area contributed by atoms with Crippen molar-refractivity contribution >= 4 is 34.2 Å². The van der Waals surface area contributed by atoms with Crippen LogP contribution in [0.3, 0.4) is 0 Å². The Bertz CT molecular complexity index is 313. The van der Waals surface area contributed by atoms with E-state index in [2.05, 4.69) is 40.9 Å². The van der Waals surface area contributed by atoms with Crippen LogP contribution in [0.1, 0.15) is 18.5 Å². The van der Waals surface area contributed by atoms with Gasteiger partial charge in [0, 0.05) is 10.7 Å². The van der Waals surface area contributed by atoms with Gasteiger partial charge >= 0.3 is 0 Å². The van der Waals surface area contributed by atoms with E-state index in [1.54, 1.807) is 7.11 Å². The second kappa shape index (κ2) is 6.68. The first-order valence-corrected chi connectivity index (χ1v) is 6.32. The highest BCUT2D eigenvalue weighted by Gasteiger charge is 2.10. The van der Waals surface area contributed by atoms with Gasteiger partial charge in [0.2, 0.25) is 0 Å². The lowest BCUT2D eigenvalue weighted by Gasteiger charge is -2.17. The van der Waals surface area contributed by atoms with Crippen LogP contribution < -0.4 is 5.32 Å². The van der Waals surface area contributed by atoms with E-state index in [4.69, 9.17) is 16.3 Å². The Morgan fingerprint density at radius 2 is 2.27 bits per heavy atom. The van der Waals surface area contributed by atoms with Gasteiger partial charge in [-0.3, -0.25) is 0 Å². The minimum atomic E-state index is 0.217. The molecule has 0 aromatic heterocycles. The van der Waals surface area contributed by atoms with Crippen LogP contribution in [0.2, 0.25) is 5.02 Å². The second-order valence-corrected chi connectivity index (χ2v) is 4.81. The van der Waals surface area contributed by atoms with Gasteiger partial charge in [0.25, 0.3) is 0 Å². The average molecular weight is 340 g/mol. The van der Waals surface area contributed by atoms with Crippen molar-refractivity contribution in [3.05, 3.63) is 32.4 Å².